The average Bonchev–Trinajstić information content (AvgIpc) is 2.93. The summed E-state index contributed by atoms with van der Waals surface area (Å²) in [5.41, 5.74) is 2.04. The maximum Gasteiger partial charge on any atom is 0.181 e. The molecule has 1 aliphatic rings. The lowest BCUT2D eigenvalue weighted by Gasteiger charge is -2.43. The van der Waals surface area contributed by atoms with Gasteiger partial charge in [0.15, 0.2) is 17.5 Å². The molecule has 6 heteroatoms. The summed E-state index contributed by atoms with van der Waals surface area (Å²) in [6, 6.07) is 11.5. The minimum Gasteiger partial charge on any atom is -0.479 e. The van der Waals surface area contributed by atoms with Crippen LogP contribution in [0.25, 0.3) is 5.65 Å². The number of ether oxygens (including phenoxy) is 2. The van der Waals surface area contributed by atoms with Crippen molar-refractivity contribution in [2.75, 3.05) is 7.11 Å². The van der Waals surface area contributed by atoms with Crippen molar-refractivity contribution in [3.05, 3.63) is 64.6 Å². The molecular weight excluding hydrogens is 340 g/mol. The molecule has 3 aromatic rings. The zero-order valence-corrected chi connectivity index (χ0v) is 15.0. The number of aromatic nitrogens is 2. The van der Waals surface area contributed by atoms with E-state index < -0.39 is 17.8 Å². The summed E-state index contributed by atoms with van der Waals surface area (Å²) in [6.07, 6.45) is 0.384. The van der Waals surface area contributed by atoms with Crippen molar-refractivity contribution in [3.63, 3.8) is 0 Å². The average molecular weight is 359 g/mol. The number of hydrogen-bond acceptors (Lipinski definition) is 4. The standard InChI is InChI=1S/C19H19ClN2O3/c1-11-17(20)22-10-9-13-15(18(22)21-11)25-14(12-7-5-4-6-8-12)16(23)19(13,2)24-3/h4-10,14,16,23H,1-3H3/t14-,16-,19-/m1/s1. The van der Waals surface area contributed by atoms with E-state index in [1.54, 1.807) is 11.5 Å². The number of pyridine rings is 1. The van der Waals surface area contributed by atoms with Gasteiger partial charge in [0.1, 0.15) is 16.9 Å². The van der Waals surface area contributed by atoms with Crippen molar-refractivity contribution in [1.82, 2.24) is 9.38 Å². The second-order valence-electron chi connectivity index (χ2n) is 6.45. The van der Waals surface area contributed by atoms with Crippen molar-refractivity contribution < 1.29 is 14.6 Å². The van der Waals surface area contributed by atoms with E-state index in [0.717, 1.165) is 16.8 Å². The summed E-state index contributed by atoms with van der Waals surface area (Å²) in [5.74, 6) is 0.584. The number of hydrogen-bond donors (Lipinski definition) is 1. The molecule has 1 aliphatic heterocycles. The number of nitrogens with zero attached hydrogens (tertiary/aromatic N) is 2. The van der Waals surface area contributed by atoms with Crippen LogP contribution >= 0.6 is 11.6 Å². The number of rotatable bonds is 2. The molecule has 0 spiro atoms. The molecule has 0 bridgehead atoms. The Morgan fingerprint density at radius 2 is 2.00 bits per heavy atom. The van der Waals surface area contributed by atoms with E-state index in [1.165, 1.54) is 0 Å². The van der Waals surface area contributed by atoms with E-state index in [0.29, 0.717) is 16.5 Å². The fourth-order valence-corrected chi connectivity index (χ4v) is 3.62. The second kappa shape index (κ2) is 5.73. The lowest BCUT2D eigenvalue weighted by atomic mass is 9.82. The molecule has 3 atom stereocenters. The summed E-state index contributed by atoms with van der Waals surface area (Å²) < 4.78 is 13.8. The number of methoxy groups -OCH3 is 1. The summed E-state index contributed by atoms with van der Waals surface area (Å²) in [4.78, 5) is 4.55. The third-order valence-corrected chi connectivity index (χ3v) is 5.49. The van der Waals surface area contributed by atoms with Gasteiger partial charge in [0, 0.05) is 18.9 Å². The number of imidazole rings is 1. The Hall–Kier alpha value is -2.08. The third kappa shape index (κ3) is 2.27. The fraction of sp³-hybridized carbons (Fsp3) is 0.316. The van der Waals surface area contributed by atoms with Gasteiger partial charge >= 0.3 is 0 Å². The first kappa shape index (κ1) is 16.4. The van der Waals surface area contributed by atoms with Crippen molar-refractivity contribution in [3.8, 4) is 5.75 Å². The molecule has 1 aromatic carbocycles. The van der Waals surface area contributed by atoms with Gasteiger partial charge in [-0.2, -0.15) is 0 Å². The van der Waals surface area contributed by atoms with Gasteiger partial charge < -0.3 is 14.6 Å². The Labute approximate surface area is 150 Å². The van der Waals surface area contributed by atoms with Crippen LogP contribution in [0.4, 0.5) is 0 Å². The fourth-order valence-electron chi connectivity index (χ4n) is 3.44. The molecule has 130 valence electrons. The van der Waals surface area contributed by atoms with E-state index in [-0.39, 0.29) is 0 Å². The van der Waals surface area contributed by atoms with Gasteiger partial charge in [0.2, 0.25) is 0 Å². The van der Waals surface area contributed by atoms with Gasteiger partial charge in [-0.15, -0.1) is 0 Å². The molecule has 0 saturated heterocycles. The number of aryl methyl sites for hydroxylation is 1. The van der Waals surface area contributed by atoms with Crippen molar-refractivity contribution in [2.24, 2.45) is 0 Å². The monoisotopic (exact) mass is 358 g/mol. The largest absolute Gasteiger partial charge is 0.479 e. The zero-order chi connectivity index (χ0) is 17.8. The smallest absolute Gasteiger partial charge is 0.181 e. The maximum atomic E-state index is 11.0. The highest BCUT2D eigenvalue weighted by molar-refractivity contribution is 6.30. The molecule has 4 rings (SSSR count). The normalized spacial score (nSPS) is 25.6. The number of fused-ring (bicyclic) bond motifs is 3. The predicted octanol–water partition coefficient (Wildman–Crippen LogP) is 3.65. The van der Waals surface area contributed by atoms with E-state index >= 15 is 0 Å². The number of aliphatic hydroxyl groups is 1. The Kier molecular flexibility index (Phi) is 3.76. The van der Waals surface area contributed by atoms with Gasteiger partial charge in [-0.1, -0.05) is 41.9 Å². The Morgan fingerprint density at radius 1 is 1.28 bits per heavy atom. The van der Waals surface area contributed by atoms with Crippen molar-refractivity contribution in [2.45, 2.75) is 31.7 Å². The van der Waals surface area contributed by atoms with E-state index in [4.69, 9.17) is 21.1 Å². The van der Waals surface area contributed by atoms with Crippen LogP contribution in [-0.2, 0) is 10.3 Å². The van der Waals surface area contributed by atoms with Crippen molar-refractivity contribution in [1.29, 1.82) is 0 Å². The summed E-state index contributed by atoms with van der Waals surface area (Å²) in [5, 5.41) is 11.6. The Balaban J connectivity index is 1.97. The molecule has 3 heterocycles. The predicted molar refractivity (Wildman–Crippen MR) is 95.1 cm³/mol. The highest BCUT2D eigenvalue weighted by Gasteiger charge is 2.48. The lowest BCUT2D eigenvalue weighted by molar-refractivity contribution is -0.150. The van der Waals surface area contributed by atoms with Gasteiger partial charge in [-0.05, 0) is 25.5 Å². The van der Waals surface area contributed by atoms with E-state index in [9.17, 15) is 5.11 Å². The molecule has 1 N–H and O–H groups in total. The summed E-state index contributed by atoms with van der Waals surface area (Å²) >= 11 is 6.34. The van der Waals surface area contributed by atoms with Crippen LogP contribution in [0.15, 0.2) is 42.6 Å². The second-order valence-corrected chi connectivity index (χ2v) is 6.80. The van der Waals surface area contributed by atoms with Crippen LogP contribution in [0.3, 0.4) is 0 Å². The van der Waals surface area contributed by atoms with Crippen LogP contribution in [0, 0.1) is 6.92 Å². The first-order valence-electron chi connectivity index (χ1n) is 8.10. The molecule has 0 fully saturated rings. The van der Waals surface area contributed by atoms with E-state index in [2.05, 4.69) is 4.98 Å². The lowest BCUT2D eigenvalue weighted by Crippen LogP contribution is -2.47. The quantitative estimate of drug-likeness (QED) is 0.759. The van der Waals surface area contributed by atoms with Crippen LogP contribution in [0.5, 0.6) is 5.75 Å². The molecule has 0 saturated carbocycles. The summed E-state index contributed by atoms with van der Waals surface area (Å²) in [7, 11) is 1.59. The van der Waals surface area contributed by atoms with Crippen LogP contribution in [-0.4, -0.2) is 27.7 Å². The number of benzene rings is 1. The minimum absolute atomic E-state index is 0.544. The molecule has 2 aromatic heterocycles. The molecule has 0 unspecified atom stereocenters. The molecule has 0 amide bonds. The van der Waals surface area contributed by atoms with E-state index in [1.807, 2.05) is 56.4 Å². The molecule has 25 heavy (non-hydrogen) atoms. The van der Waals surface area contributed by atoms with Gasteiger partial charge in [-0.3, -0.25) is 4.40 Å². The Morgan fingerprint density at radius 3 is 2.68 bits per heavy atom. The van der Waals surface area contributed by atoms with Crippen LogP contribution < -0.4 is 4.74 Å². The summed E-state index contributed by atoms with van der Waals surface area (Å²) in [6.45, 7) is 3.71. The number of aliphatic hydroxyl groups excluding tert-OH is 1. The zero-order valence-electron chi connectivity index (χ0n) is 14.2. The first-order chi connectivity index (χ1) is 12.0. The van der Waals surface area contributed by atoms with Gasteiger partial charge in [0.05, 0.1) is 5.69 Å². The highest BCUT2D eigenvalue weighted by Crippen LogP contribution is 2.48. The SMILES string of the molecule is CO[C@]1(C)c2ccn3c(Cl)c(C)nc3c2O[C@H](c2ccccc2)[C@H]1O. The van der Waals surface area contributed by atoms with Crippen LogP contribution in [0.2, 0.25) is 5.15 Å². The minimum atomic E-state index is -0.928. The van der Waals surface area contributed by atoms with Crippen LogP contribution in [0.1, 0.15) is 29.8 Å². The molecule has 0 aliphatic carbocycles. The maximum absolute atomic E-state index is 11.0. The Bertz CT molecular complexity index is 941. The van der Waals surface area contributed by atoms with Gasteiger partial charge in [0.25, 0.3) is 0 Å². The molecule has 0 radical (unpaired) electrons. The van der Waals surface area contributed by atoms with Crippen molar-refractivity contribution >= 4 is 17.2 Å². The number of halogens is 1. The van der Waals surface area contributed by atoms with Gasteiger partial charge in [-0.25, -0.2) is 4.98 Å². The highest BCUT2D eigenvalue weighted by atomic mass is 35.5. The third-order valence-electron chi connectivity index (χ3n) is 5.03. The first-order valence-corrected chi connectivity index (χ1v) is 8.47. The topological polar surface area (TPSA) is 56.0 Å². The molecule has 5 nitrogen and oxygen atoms in total. The molecular formula is C19H19ClN2O3.